The highest BCUT2D eigenvalue weighted by atomic mass is 16.5. The van der Waals surface area contributed by atoms with Gasteiger partial charge in [0.1, 0.15) is 11.6 Å². The van der Waals surface area contributed by atoms with E-state index in [0.29, 0.717) is 19.6 Å². The monoisotopic (exact) mass is 340 g/mol. The van der Waals surface area contributed by atoms with E-state index in [0.717, 1.165) is 36.7 Å². The molecule has 1 aliphatic rings. The summed E-state index contributed by atoms with van der Waals surface area (Å²) in [7, 11) is 1.65. The number of carbonyl (C=O) groups excluding carboxylic acids is 1. The fraction of sp³-hybridized carbons (Fsp3) is 0.421. The van der Waals surface area contributed by atoms with Crippen LogP contribution in [0.1, 0.15) is 22.6 Å². The molecule has 0 bridgehead atoms. The zero-order chi connectivity index (χ0) is 17.6. The molecule has 1 amide bonds. The van der Waals surface area contributed by atoms with E-state index in [1.54, 1.807) is 7.11 Å². The van der Waals surface area contributed by atoms with Gasteiger partial charge in [0.05, 0.1) is 19.3 Å². The Bertz CT molecular complexity index is 731. The Morgan fingerprint density at radius 1 is 1.32 bits per heavy atom. The first-order valence-electron chi connectivity index (χ1n) is 8.57. The summed E-state index contributed by atoms with van der Waals surface area (Å²) in [5.41, 5.74) is 3.42. The molecule has 6 nitrogen and oxygen atoms in total. The lowest BCUT2D eigenvalue weighted by atomic mass is 10.1. The first-order chi connectivity index (χ1) is 12.1. The zero-order valence-corrected chi connectivity index (χ0v) is 14.8. The van der Waals surface area contributed by atoms with E-state index in [1.165, 1.54) is 11.1 Å². The molecule has 1 aromatic heterocycles. The Labute approximate surface area is 148 Å². The van der Waals surface area contributed by atoms with Gasteiger partial charge in [0.15, 0.2) is 0 Å². The predicted molar refractivity (Wildman–Crippen MR) is 95.5 cm³/mol. The average Bonchev–Trinajstić information content (AvgIpc) is 2.62. The molecule has 0 spiro atoms. The second-order valence-corrected chi connectivity index (χ2v) is 6.30. The standard InChI is InChI=1S/C19H24N4O2/c1-14-21-11-16-8-10-23(12-18(16)22-14)13-19(24)20-9-7-15-3-5-17(25-2)6-4-15/h3-6,11H,7-10,12-13H2,1-2H3,(H,20,24). The first kappa shape index (κ1) is 17.4. The summed E-state index contributed by atoms with van der Waals surface area (Å²) in [5.74, 6) is 1.68. The van der Waals surface area contributed by atoms with Gasteiger partial charge in [-0.3, -0.25) is 9.69 Å². The van der Waals surface area contributed by atoms with E-state index in [4.69, 9.17) is 4.74 Å². The summed E-state index contributed by atoms with van der Waals surface area (Å²) < 4.78 is 5.14. The fourth-order valence-corrected chi connectivity index (χ4v) is 2.99. The molecule has 6 heteroatoms. The minimum absolute atomic E-state index is 0.0581. The molecule has 1 aromatic carbocycles. The van der Waals surface area contributed by atoms with E-state index in [9.17, 15) is 4.79 Å². The topological polar surface area (TPSA) is 67.3 Å². The second kappa shape index (κ2) is 8.07. The summed E-state index contributed by atoms with van der Waals surface area (Å²) in [4.78, 5) is 23.0. The average molecular weight is 340 g/mol. The Morgan fingerprint density at radius 3 is 2.88 bits per heavy atom. The van der Waals surface area contributed by atoms with Crippen molar-refractivity contribution in [3.05, 3.63) is 53.1 Å². The number of aryl methyl sites for hydroxylation is 1. The number of hydrogen-bond acceptors (Lipinski definition) is 5. The van der Waals surface area contributed by atoms with Gasteiger partial charge < -0.3 is 10.1 Å². The first-order valence-corrected chi connectivity index (χ1v) is 8.57. The van der Waals surface area contributed by atoms with Gasteiger partial charge in [0, 0.05) is 25.8 Å². The van der Waals surface area contributed by atoms with E-state index in [1.807, 2.05) is 37.4 Å². The van der Waals surface area contributed by atoms with Crippen LogP contribution in [0, 0.1) is 6.92 Å². The molecule has 0 saturated carbocycles. The quantitative estimate of drug-likeness (QED) is 0.863. The smallest absolute Gasteiger partial charge is 0.234 e. The molecule has 0 radical (unpaired) electrons. The maximum atomic E-state index is 12.2. The number of ether oxygens (including phenoxy) is 1. The van der Waals surface area contributed by atoms with Crippen molar-refractivity contribution < 1.29 is 9.53 Å². The lowest BCUT2D eigenvalue weighted by Gasteiger charge is -2.27. The van der Waals surface area contributed by atoms with E-state index >= 15 is 0 Å². The minimum atomic E-state index is 0.0581. The molecular weight excluding hydrogens is 316 g/mol. The summed E-state index contributed by atoms with van der Waals surface area (Å²) in [5, 5.41) is 3.00. The number of benzene rings is 1. The number of nitrogens with zero attached hydrogens (tertiary/aromatic N) is 3. The summed E-state index contributed by atoms with van der Waals surface area (Å²) in [6.45, 7) is 4.52. The van der Waals surface area contributed by atoms with Gasteiger partial charge in [-0.1, -0.05) is 12.1 Å². The number of aromatic nitrogens is 2. The van der Waals surface area contributed by atoms with Gasteiger partial charge in [0.25, 0.3) is 0 Å². The van der Waals surface area contributed by atoms with Crippen molar-refractivity contribution in [3.8, 4) is 5.75 Å². The van der Waals surface area contributed by atoms with Crippen LogP contribution in [0.5, 0.6) is 5.75 Å². The molecule has 0 saturated heterocycles. The molecular formula is C19H24N4O2. The van der Waals surface area contributed by atoms with E-state index < -0.39 is 0 Å². The minimum Gasteiger partial charge on any atom is -0.497 e. The lowest BCUT2D eigenvalue weighted by Crippen LogP contribution is -2.40. The van der Waals surface area contributed by atoms with Gasteiger partial charge in [0.2, 0.25) is 5.91 Å². The van der Waals surface area contributed by atoms with Crippen molar-refractivity contribution in [3.63, 3.8) is 0 Å². The number of amides is 1. The van der Waals surface area contributed by atoms with Crippen molar-refractivity contribution in [1.82, 2.24) is 20.2 Å². The third-order valence-corrected chi connectivity index (χ3v) is 4.41. The van der Waals surface area contributed by atoms with Gasteiger partial charge in [-0.05, 0) is 43.0 Å². The van der Waals surface area contributed by atoms with Crippen molar-refractivity contribution in [2.24, 2.45) is 0 Å². The van der Waals surface area contributed by atoms with Crippen LogP contribution in [0.25, 0.3) is 0 Å². The molecule has 0 aliphatic carbocycles. The maximum Gasteiger partial charge on any atom is 0.234 e. The van der Waals surface area contributed by atoms with Crippen molar-refractivity contribution in [2.75, 3.05) is 26.7 Å². The Balaban J connectivity index is 1.43. The van der Waals surface area contributed by atoms with Crippen LogP contribution >= 0.6 is 0 Å². The zero-order valence-electron chi connectivity index (χ0n) is 14.8. The number of nitrogens with one attached hydrogen (secondary N) is 1. The summed E-state index contributed by atoms with van der Waals surface area (Å²) in [6, 6.07) is 7.92. The summed E-state index contributed by atoms with van der Waals surface area (Å²) in [6.07, 6.45) is 3.61. The van der Waals surface area contributed by atoms with Gasteiger partial charge >= 0.3 is 0 Å². The van der Waals surface area contributed by atoms with Gasteiger partial charge in [-0.25, -0.2) is 9.97 Å². The van der Waals surface area contributed by atoms with Gasteiger partial charge in [-0.2, -0.15) is 0 Å². The highest BCUT2D eigenvalue weighted by Gasteiger charge is 2.19. The van der Waals surface area contributed by atoms with Crippen LogP contribution in [0.3, 0.4) is 0 Å². The SMILES string of the molecule is COc1ccc(CCNC(=O)CN2CCc3cnc(C)nc3C2)cc1. The van der Waals surface area contributed by atoms with Gasteiger partial charge in [-0.15, -0.1) is 0 Å². The van der Waals surface area contributed by atoms with Crippen LogP contribution < -0.4 is 10.1 Å². The highest BCUT2D eigenvalue weighted by molar-refractivity contribution is 5.78. The molecule has 2 aromatic rings. The number of hydrogen-bond donors (Lipinski definition) is 1. The Kier molecular flexibility index (Phi) is 5.60. The van der Waals surface area contributed by atoms with Crippen LogP contribution in [0.2, 0.25) is 0 Å². The molecule has 132 valence electrons. The Hall–Kier alpha value is -2.47. The summed E-state index contributed by atoms with van der Waals surface area (Å²) >= 11 is 0. The largest absolute Gasteiger partial charge is 0.497 e. The number of rotatable bonds is 6. The highest BCUT2D eigenvalue weighted by Crippen LogP contribution is 2.16. The second-order valence-electron chi connectivity index (χ2n) is 6.30. The molecule has 25 heavy (non-hydrogen) atoms. The van der Waals surface area contributed by atoms with Crippen molar-refractivity contribution in [1.29, 1.82) is 0 Å². The third-order valence-electron chi connectivity index (χ3n) is 4.41. The van der Waals surface area contributed by atoms with E-state index in [2.05, 4.69) is 20.2 Å². The molecule has 1 N–H and O–H groups in total. The maximum absolute atomic E-state index is 12.2. The third kappa shape index (κ3) is 4.76. The Morgan fingerprint density at radius 2 is 2.12 bits per heavy atom. The number of methoxy groups -OCH3 is 1. The van der Waals surface area contributed by atoms with Crippen LogP contribution in [0.4, 0.5) is 0 Å². The molecule has 0 unspecified atom stereocenters. The fourth-order valence-electron chi connectivity index (χ4n) is 2.99. The van der Waals surface area contributed by atoms with Crippen molar-refractivity contribution >= 4 is 5.91 Å². The molecule has 3 rings (SSSR count). The van der Waals surface area contributed by atoms with Crippen LogP contribution in [-0.4, -0.2) is 47.5 Å². The lowest BCUT2D eigenvalue weighted by molar-refractivity contribution is -0.122. The molecule has 1 aliphatic heterocycles. The molecule has 0 fully saturated rings. The number of carbonyl (C=O) groups is 1. The van der Waals surface area contributed by atoms with Crippen LogP contribution in [0.15, 0.2) is 30.5 Å². The predicted octanol–water partition coefficient (Wildman–Crippen LogP) is 1.51. The normalized spacial score (nSPS) is 14.0. The van der Waals surface area contributed by atoms with Crippen LogP contribution in [-0.2, 0) is 24.2 Å². The van der Waals surface area contributed by atoms with E-state index in [-0.39, 0.29) is 5.91 Å². The molecule has 0 atom stereocenters. The number of fused-ring (bicyclic) bond motifs is 1. The molecule has 2 heterocycles. The van der Waals surface area contributed by atoms with Crippen molar-refractivity contribution in [2.45, 2.75) is 26.3 Å².